The predicted octanol–water partition coefficient (Wildman–Crippen LogP) is 1.95. The van der Waals surface area contributed by atoms with E-state index in [4.69, 9.17) is 4.74 Å². The van der Waals surface area contributed by atoms with Crippen LogP contribution in [0.15, 0.2) is 60.4 Å². The summed E-state index contributed by atoms with van der Waals surface area (Å²) in [5, 5.41) is 0. The Hall–Kier alpha value is -1.55. The van der Waals surface area contributed by atoms with Gasteiger partial charge in [-0.3, -0.25) is 0 Å². The second-order valence-electron chi connectivity index (χ2n) is 6.89. The number of allylic oxidation sites excluding steroid dienone is 2. The fourth-order valence-corrected chi connectivity index (χ4v) is 3.37. The Morgan fingerprint density at radius 2 is 1.68 bits per heavy atom. The minimum atomic E-state index is -0.147. The average molecular weight is 407 g/mol. The van der Waals surface area contributed by atoms with E-state index in [0.717, 1.165) is 17.9 Å². The van der Waals surface area contributed by atoms with Crippen molar-refractivity contribution in [1.29, 1.82) is 0 Å². The normalized spacial score (nSPS) is 12.0. The number of hydrogen-bond acceptors (Lipinski definition) is 1. The van der Waals surface area contributed by atoms with Crippen molar-refractivity contribution in [3.8, 4) is 0 Å². The van der Waals surface area contributed by atoms with Crippen molar-refractivity contribution in [2.75, 3.05) is 0 Å². The van der Waals surface area contributed by atoms with Crippen LogP contribution < -0.4 is 21.5 Å². The number of halogens is 1. The summed E-state index contributed by atoms with van der Waals surface area (Å²) in [4.78, 5) is 0. The second-order valence-corrected chi connectivity index (χ2v) is 6.89. The molecule has 1 heterocycles. The molecule has 2 rings (SSSR count). The third-order valence-electron chi connectivity index (χ3n) is 4.37. The first-order valence-corrected chi connectivity index (χ1v) is 8.92. The molecular formula is C21H31BrN2O. The topological polar surface area (TPSA) is 18.0 Å². The first kappa shape index (κ1) is 21.5. The minimum absolute atomic E-state index is 0. The van der Waals surface area contributed by atoms with Crippen LogP contribution in [0.25, 0.3) is 0 Å². The highest BCUT2D eigenvalue weighted by Gasteiger charge is 2.23. The molecule has 0 radical (unpaired) electrons. The van der Waals surface area contributed by atoms with Crippen molar-refractivity contribution >= 4 is 0 Å². The summed E-state index contributed by atoms with van der Waals surface area (Å²) in [6.45, 7) is 14.1. The number of benzene rings is 1. The summed E-state index contributed by atoms with van der Waals surface area (Å²) < 4.78 is 10.8. The molecule has 0 saturated heterocycles. The van der Waals surface area contributed by atoms with Gasteiger partial charge in [0.2, 0.25) is 6.33 Å². The summed E-state index contributed by atoms with van der Waals surface area (Å²) in [5.41, 5.74) is 2.54. The molecule has 1 aromatic heterocycles. The summed E-state index contributed by atoms with van der Waals surface area (Å²) >= 11 is 0. The van der Waals surface area contributed by atoms with Gasteiger partial charge in [-0.2, -0.15) is 4.57 Å². The zero-order chi connectivity index (χ0) is 17.7. The Balaban J connectivity index is 0.00000312. The van der Waals surface area contributed by atoms with Gasteiger partial charge in [0.25, 0.3) is 6.23 Å². The molecule has 4 heteroatoms. The number of imidazole rings is 1. The number of ether oxygens (including phenoxy) is 1. The van der Waals surface area contributed by atoms with Crippen LogP contribution in [0.1, 0.15) is 53.3 Å². The standard InChI is InChI=1S/C21H31N2O.BrH/c1-7-22-13-14-23(15-22)21(19-11-9-8-10-12-19)24-18(6)20(16(2)3)17(4)5;/h8-17,21H,7H2,1-6H3;1H/q+1;/p-1. The van der Waals surface area contributed by atoms with Crippen LogP contribution in [-0.2, 0) is 11.3 Å². The second kappa shape index (κ2) is 9.81. The van der Waals surface area contributed by atoms with Crippen LogP contribution in [0, 0.1) is 11.8 Å². The van der Waals surface area contributed by atoms with Gasteiger partial charge in [0, 0.05) is 5.56 Å². The summed E-state index contributed by atoms with van der Waals surface area (Å²) in [7, 11) is 0. The molecule has 1 unspecified atom stereocenters. The molecule has 0 bridgehead atoms. The lowest BCUT2D eigenvalue weighted by Gasteiger charge is -2.23. The van der Waals surface area contributed by atoms with E-state index in [1.165, 1.54) is 5.57 Å². The molecule has 0 amide bonds. The highest BCUT2D eigenvalue weighted by Crippen LogP contribution is 2.29. The molecule has 0 aliphatic carbocycles. The molecule has 0 aliphatic rings. The lowest BCUT2D eigenvalue weighted by Crippen LogP contribution is -3.00. The van der Waals surface area contributed by atoms with E-state index in [1.807, 2.05) is 6.07 Å². The van der Waals surface area contributed by atoms with Crippen LogP contribution in [0.4, 0.5) is 0 Å². The van der Waals surface area contributed by atoms with Gasteiger partial charge in [-0.15, -0.1) is 0 Å². The van der Waals surface area contributed by atoms with Crippen molar-refractivity contribution in [3.05, 3.63) is 65.9 Å². The Kier molecular flexibility index (Phi) is 8.43. The van der Waals surface area contributed by atoms with Crippen LogP contribution >= 0.6 is 0 Å². The van der Waals surface area contributed by atoms with E-state index >= 15 is 0 Å². The number of rotatable bonds is 7. The lowest BCUT2D eigenvalue weighted by atomic mass is 9.91. The fraction of sp³-hybridized carbons (Fsp3) is 0.476. The summed E-state index contributed by atoms with van der Waals surface area (Å²) in [6, 6.07) is 10.4. The smallest absolute Gasteiger partial charge is 0.268 e. The molecule has 0 fully saturated rings. The SMILES string of the molecule is CC[n+]1ccn(C(OC(C)=C(C(C)C)C(C)C)c2ccccc2)c1.[Br-]. The summed E-state index contributed by atoms with van der Waals surface area (Å²) in [6.07, 6.45) is 6.13. The molecule has 2 aromatic rings. The number of aryl methyl sites for hydroxylation is 1. The van der Waals surface area contributed by atoms with Crippen molar-refractivity contribution < 1.29 is 26.3 Å². The lowest BCUT2D eigenvalue weighted by molar-refractivity contribution is -0.693. The number of hydrogen-bond donors (Lipinski definition) is 0. The maximum absolute atomic E-state index is 6.49. The number of nitrogens with zero attached hydrogens (tertiary/aromatic N) is 2. The summed E-state index contributed by atoms with van der Waals surface area (Å²) in [5.74, 6) is 1.99. The predicted molar refractivity (Wildman–Crippen MR) is 98.3 cm³/mol. The Labute approximate surface area is 163 Å². The van der Waals surface area contributed by atoms with Gasteiger partial charge in [-0.25, -0.2) is 4.57 Å². The fourth-order valence-electron chi connectivity index (χ4n) is 3.37. The molecule has 0 N–H and O–H groups in total. The molecule has 1 atom stereocenters. The van der Waals surface area contributed by atoms with Crippen molar-refractivity contribution in [2.45, 2.75) is 54.3 Å². The van der Waals surface area contributed by atoms with Gasteiger partial charge in [0.15, 0.2) is 0 Å². The molecule has 3 nitrogen and oxygen atoms in total. The van der Waals surface area contributed by atoms with Crippen LogP contribution in [-0.4, -0.2) is 4.57 Å². The van der Waals surface area contributed by atoms with E-state index in [1.54, 1.807) is 0 Å². The largest absolute Gasteiger partial charge is 1.00 e. The molecule has 25 heavy (non-hydrogen) atoms. The highest BCUT2D eigenvalue weighted by molar-refractivity contribution is 5.20. The van der Waals surface area contributed by atoms with E-state index < -0.39 is 0 Å². The first-order valence-electron chi connectivity index (χ1n) is 8.92. The third kappa shape index (κ3) is 5.46. The van der Waals surface area contributed by atoms with Gasteiger partial charge in [-0.1, -0.05) is 58.0 Å². The third-order valence-corrected chi connectivity index (χ3v) is 4.37. The van der Waals surface area contributed by atoms with Gasteiger partial charge >= 0.3 is 0 Å². The van der Waals surface area contributed by atoms with Gasteiger partial charge in [-0.05, 0) is 31.3 Å². The van der Waals surface area contributed by atoms with Crippen molar-refractivity contribution in [1.82, 2.24) is 4.57 Å². The van der Waals surface area contributed by atoms with E-state index in [9.17, 15) is 0 Å². The first-order chi connectivity index (χ1) is 11.4. The zero-order valence-electron chi connectivity index (χ0n) is 16.2. The maximum atomic E-state index is 6.49. The molecule has 0 spiro atoms. The van der Waals surface area contributed by atoms with Crippen LogP contribution in [0.2, 0.25) is 0 Å². The molecular weight excluding hydrogens is 376 g/mol. The Morgan fingerprint density at radius 1 is 1.08 bits per heavy atom. The number of aromatic nitrogens is 2. The zero-order valence-corrected chi connectivity index (χ0v) is 17.8. The molecule has 138 valence electrons. The quantitative estimate of drug-likeness (QED) is 0.507. The molecule has 0 saturated carbocycles. The monoisotopic (exact) mass is 406 g/mol. The van der Waals surface area contributed by atoms with E-state index in [2.05, 4.69) is 93.7 Å². The van der Waals surface area contributed by atoms with E-state index in [-0.39, 0.29) is 23.2 Å². The van der Waals surface area contributed by atoms with Crippen molar-refractivity contribution in [3.63, 3.8) is 0 Å². The minimum Gasteiger partial charge on any atom is -1.00 e. The Bertz CT molecular complexity index is 664. The van der Waals surface area contributed by atoms with Gasteiger partial charge in [0.1, 0.15) is 12.4 Å². The van der Waals surface area contributed by atoms with Gasteiger partial charge in [0.05, 0.1) is 12.3 Å². The molecule has 0 aliphatic heterocycles. The van der Waals surface area contributed by atoms with E-state index in [0.29, 0.717) is 11.8 Å². The highest BCUT2D eigenvalue weighted by atomic mass is 79.9. The maximum Gasteiger partial charge on any atom is 0.268 e. The van der Waals surface area contributed by atoms with Crippen LogP contribution in [0.3, 0.4) is 0 Å². The van der Waals surface area contributed by atoms with Crippen molar-refractivity contribution in [2.24, 2.45) is 11.8 Å². The molecule has 1 aromatic carbocycles. The van der Waals surface area contributed by atoms with Crippen LogP contribution in [0.5, 0.6) is 0 Å². The Morgan fingerprint density at radius 3 is 2.16 bits per heavy atom. The average Bonchev–Trinajstić information content (AvgIpc) is 3.01. The van der Waals surface area contributed by atoms with Gasteiger partial charge < -0.3 is 21.7 Å².